The van der Waals surface area contributed by atoms with Crippen LogP contribution in [0.1, 0.15) is 16.2 Å². The van der Waals surface area contributed by atoms with Crippen molar-refractivity contribution in [1.82, 2.24) is 9.78 Å². The maximum atomic E-state index is 12.1. The molecule has 0 fully saturated rings. The topological polar surface area (TPSA) is 44.1 Å². The standard InChI is InChI=1S/C13H10Cl4N2O2/c1-6-13(17)7(2)19(18-6)12(20)5-21-11-4-9(15)8(14)3-10(11)16/h3-4H,5H2,1-2H3. The summed E-state index contributed by atoms with van der Waals surface area (Å²) in [7, 11) is 0. The molecule has 2 aromatic rings. The second kappa shape index (κ2) is 6.44. The first-order valence-corrected chi connectivity index (χ1v) is 7.34. The molecule has 1 aromatic heterocycles. The highest BCUT2D eigenvalue weighted by atomic mass is 35.5. The molecule has 21 heavy (non-hydrogen) atoms. The minimum atomic E-state index is -0.371. The highest BCUT2D eigenvalue weighted by molar-refractivity contribution is 6.43. The summed E-state index contributed by atoms with van der Waals surface area (Å²) in [4.78, 5) is 12.1. The predicted molar refractivity (Wildman–Crippen MR) is 84.3 cm³/mol. The molecule has 0 saturated heterocycles. The lowest BCUT2D eigenvalue weighted by molar-refractivity contribution is 0.0818. The summed E-state index contributed by atoms with van der Waals surface area (Å²) in [6, 6.07) is 2.90. The smallest absolute Gasteiger partial charge is 0.285 e. The zero-order valence-corrected chi connectivity index (χ0v) is 14.1. The maximum absolute atomic E-state index is 12.1. The fraction of sp³-hybridized carbons (Fsp3) is 0.231. The first-order chi connectivity index (χ1) is 9.81. The Kier molecular flexibility index (Phi) is 5.04. The third-order valence-corrected chi connectivity index (χ3v) is 4.33. The molecule has 0 saturated carbocycles. The summed E-state index contributed by atoms with van der Waals surface area (Å²) in [5.74, 6) is -0.100. The number of carbonyl (C=O) groups excluding carboxylic acids is 1. The minimum Gasteiger partial charge on any atom is -0.482 e. The molecule has 112 valence electrons. The predicted octanol–water partition coefficient (Wildman–Crippen LogP) is 4.83. The monoisotopic (exact) mass is 366 g/mol. The molecule has 4 nitrogen and oxygen atoms in total. The summed E-state index contributed by atoms with van der Waals surface area (Å²) < 4.78 is 6.56. The van der Waals surface area contributed by atoms with Gasteiger partial charge in [-0.25, -0.2) is 4.68 Å². The van der Waals surface area contributed by atoms with E-state index >= 15 is 0 Å². The molecule has 1 heterocycles. The van der Waals surface area contributed by atoms with Gasteiger partial charge in [0.1, 0.15) is 5.75 Å². The van der Waals surface area contributed by atoms with Crippen molar-refractivity contribution in [2.75, 3.05) is 6.61 Å². The van der Waals surface area contributed by atoms with Crippen molar-refractivity contribution in [2.24, 2.45) is 0 Å². The van der Waals surface area contributed by atoms with Crippen LogP contribution >= 0.6 is 46.4 Å². The summed E-state index contributed by atoms with van der Waals surface area (Å²) >= 11 is 23.7. The van der Waals surface area contributed by atoms with E-state index in [1.54, 1.807) is 13.8 Å². The van der Waals surface area contributed by atoms with Crippen LogP contribution in [0.3, 0.4) is 0 Å². The Bertz CT molecular complexity index is 713. The van der Waals surface area contributed by atoms with Crippen molar-refractivity contribution < 1.29 is 9.53 Å². The molecule has 0 amide bonds. The van der Waals surface area contributed by atoms with Gasteiger partial charge in [0, 0.05) is 6.07 Å². The first-order valence-electron chi connectivity index (χ1n) is 5.83. The molecule has 0 aliphatic rings. The number of aryl methyl sites for hydroxylation is 1. The average Bonchev–Trinajstić information content (AvgIpc) is 2.69. The SMILES string of the molecule is Cc1nn(C(=O)COc2cc(Cl)c(Cl)cc2Cl)c(C)c1Cl. The third-order valence-electron chi connectivity index (χ3n) is 2.77. The molecule has 0 bridgehead atoms. The highest BCUT2D eigenvalue weighted by Crippen LogP contribution is 2.33. The van der Waals surface area contributed by atoms with Gasteiger partial charge in [0.25, 0.3) is 5.91 Å². The number of carbonyl (C=O) groups is 1. The zero-order valence-electron chi connectivity index (χ0n) is 11.1. The molecule has 0 aliphatic heterocycles. The molecular weight excluding hydrogens is 358 g/mol. The summed E-state index contributed by atoms with van der Waals surface area (Å²) in [5.41, 5.74) is 1.14. The second-order valence-electron chi connectivity index (χ2n) is 4.28. The Morgan fingerprint density at radius 3 is 2.33 bits per heavy atom. The number of nitrogens with zero attached hydrogens (tertiary/aromatic N) is 2. The number of halogens is 4. The van der Waals surface area contributed by atoms with Crippen molar-refractivity contribution in [2.45, 2.75) is 13.8 Å². The van der Waals surface area contributed by atoms with Crippen LogP contribution in [0.5, 0.6) is 5.75 Å². The fourth-order valence-corrected chi connectivity index (χ4v) is 2.39. The lowest BCUT2D eigenvalue weighted by Crippen LogP contribution is -2.21. The second-order valence-corrected chi connectivity index (χ2v) is 5.88. The molecule has 0 aliphatic carbocycles. The number of aromatic nitrogens is 2. The van der Waals surface area contributed by atoms with E-state index in [1.807, 2.05) is 0 Å². The van der Waals surface area contributed by atoms with E-state index in [2.05, 4.69) is 5.10 Å². The fourth-order valence-electron chi connectivity index (χ4n) is 1.68. The van der Waals surface area contributed by atoms with Gasteiger partial charge in [0.05, 0.1) is 31.5 Å². The molecule has 1 aromatic carbocycles. The normalized spacial score (nSPS) is 10.8. The van der Waals surface area contributed by atoms with Gasteiger partial charge in [-0.05, 0) is 19.9 Å². The molecule has 0 radical (unpaired) electrons. The van der Waals surface area contributed by atoms with E-state index in [0.29, 0.717) is 21.4 Å². The molecule has 2 rings (SSSR count). The number of benzene rings is 1. The van der Waals surface area contributed by atoms with Crippen LogP contribution in [0.15, 0.2) is 12.1 Å². The van der Waals surface area contributed by atoms with Gasteiger partial charge in [-0.2, -0.15) is 5.10 Å². The average molecular weight is 368 g/mol. The van der Waals surface area contributed by atoms with Crippen molar-refractivity contribution in [3.05, 3.63) is 43.6 Å². The molecule has 0 spiro atoms. The number of ether oxygens (including phenoxy) is 1. The quantitative estimate of drug-likeness (QED) is 0.729. The Labute approximate surface area is 141 Å². The van der Waals surface area contributed by atoms with Crippen LogP contribution in [0.25, 0.3) is 0 Å². The third kappa shape index (κ3) is 3.46. The molecule has 0 N–H and O–H groups in total. The Balaban J connectivity index is 2.15. The van der Waals surface area contributed by atoms with Crippen LogP contribution in [-0.4, -0.2) is 22.3 Å². The van der Waals surface area contributed by atoms with Crippen LogP contribution < -0.4 is 4.74 Å². The summed E-state index contributed by atoms with van der Waals surface area (Å²) in [6.45, 7) is 3.16. The molecule has 0 unspecified atom stereocenters. The largest absolute Gasteiger partial charge is 0.482 e. The van der Waals surface area contributed by atoms with Gasteiger partial charge >= 0.3 is 0 Å². The summed E-state index contributed by atoms with van der Waals surface area (Å²) in [6.07, 6.45) is 0. The van der Waals surface area contributed by atoms with Gasteiger partial charge in [-0.1, -0.05) is 46.4 Å². The van der Waals surface area contributed by atoms with E-state index in [4.69, 9.17) is 51.1 Å². The van der Waals surface area contributed by atoms with Crippen molar-refractivity contribution in [1.29, 1.82) is 0 Å². The van der Waals surface area contributed by atoms with Crippen LogP contribution in [-0.2, 0) is 0 Å². The van der Waals surface area contributed by atoms with Crippen molar-refractivity contribution in [3.63, 3.8) is 0 Å². The van der Waals surface area contributed by atoms with Crippen LogP contribution in [0, 0.1) is 13.8 Å². The number of hydrogen-bond acceptors (Lipinski definition) is 3. The van der Waals surface area contributed by atoms with Crippen molar-refractivity contribution >= 4 is 52.3 Å². The van der Waals surface area contributed by atoms with Crippen LogP contribution in [0.2, 0.25) is 20.1 Å². The van der Waals surface area contributed by atoms with Gasteiger partial charge in [-0.15, -0.1) is 0 Å². The molecular formula is C13H10Cl4N2O2. The Hall–Kier alpha value is -0.940. The molecule has 8 heteroatoms. The Morgan fingerprint density at radius 2 is 1.76 bits per heavy atom. The van der Waals surface area contributed by atoms with Gasteiger partial charge in [-0.3, -0.25) is 4.79 Å². The van der Waals surface area contributed by atoms with E-state index in [1.165, 1.54) is 16.8 Å². The first kappa shape index (κ1) is 16.4. The number of rotatable bonds is 3. The van der Waals surface area contributed by atoms with Gasteiger partial charge < -0.3 is 4.74 Å². The van der Waals surface area contributed by atoms with E-state index < -0.39 is 0 Å². The van der Waals surface area contributed by atoms with E-state index in [9.17, 15) is 4.79 Å². The van der Waals surface area contributed by atoms with E-state index in [-0.39, 0.29) is 28.3 Å². The highest BCUT2D eigenvalue weighted by Gasteiger charge is 2.16. The zero-order chi connectivity index (χ0) is 15.7. The molecule has 0 atom stereocenters. The minimum absolute atomic E-state index is 0.254. The number of hydrogen-bond donors (Lipinski definition) is 0. The Morgan fingerprint density at radius 1 is 1.14 bits per heavy atom. The lowest BCUT2D eigenvalue weighted by atomic mass is 10.3. The lowest BCUT2D eigenvalue weighted by Gasteiger charge is -2.09. The van der Waals surface area contributed by atoms with Crippen molar-refractivity contribution in [3.8, 4) is 5.75 Å². The van der Waals surface area contributed by atoms with Gasteiger partial charge in [0.2, 0.25) is 0 Å². The van der Waals surface area contributed by atoms with Crippen LogP contribution in [0.4, 0.5) is 0 Å². The van der Waals surface area contributed by atoms with Gasteiger partial charge in [0.15, 0.2) is 6.61 Å². The summed E-state index contributed by atoms with van der Waals surface area (Å²) in [5, 5.41) is 5.37. The maximum Gasteiger partial charge on any atom is 0.285 e. The van der Waals surface area contributed by atoms with E-state index in [0.717, 1.165) is 0 Å².